The highest BCUT2D eigenvalue weighted by atomic mass is 19.4. The minimum atomic E-state index is -8.76. The molecule has 0 atom stereocenters. The first-order valence-corrected chi connectivity index (χ1v) is 11.5. The summed E-state index contributed by atoms with van der Waals surface area (Å²) in [6.07, 6.45) is -15.7. The lowest BCUT2D eigenvalue weighted by atomic mass is 9.89. The Hall–Kier alpha value is -3.48. The third kappa shape index (κ3) is 7.19. The van der Waals surface area contributed by atoms with Gasteiger partial charge in [-0.3, -0.25) is 0 Å². The second-order valence-electron chi connectivity index (χ2n) is 9.75. The third-order valence-electron chi connectivity index (χ3n) is 6.08. The highest BCUT2D eigenvalue weighted by Gasteiger charge is 2.97. The van der Waals surface area contributed by atoms with Crippen LogP contribution in [0.2, 0.25) is 0 Å². The maximum absolute atomic E-state index is 13.1. The molecule has 0 saturated heterocycles. The molecule has 0 saturated carbocycles. The van der Waals surface area contributed by atoms with E-state index in [1.165, 1.54) is 0 Å². The van der Waals surface area contributed by atoms with Crippen LogP contribution in [0.1, 0.15) is 0 Å². The van der Waals surface area contributed by atoms with E-state index in [9.17, 15) is 159 Å². The molecular weight excluding hydrogens is 940 g/mol. The minimum Gasteiger partial charge on any atom is -0.477 e. The van der Waals surface area contributed by atoms with Crippen molar-refractivity contribution in [1.82, 2.24) is 0 Å². The molecule has 5 nitrogen and oxygen atoms in total. The van der Waals surface area contributed by atoms with Gasteiger partial charge in [0.15, 0.2) is 0 Å². The van der Waals surface area contributed by atoms with Crippen molar-refractivity contribution in [2.24, 2.45) is 5.90 Å². The van der Waals surface area contributed by atoms with Gasteiger partial charge in [-0.15, -0.1) is 0 Å². The summed E-state index contributed by atoms with van der Waals surface area (Å²) in [6.45, 7) is 0. The number of aliphatic carboxylic acids is 1. The molecular formula is C18H3F34NO4. The van der Waals surface area contributed by atoms with E-state index in [4.69, 9.17) is 5.11 Å². The molecule has 0 amide bonds. The number of alkyl halides is 34. The van der Waals surface area contributed by atoms with Crippen LogP contribution in [-0.2, 0) is 14.4 Å². The smallest absolute Gasteiger partial charge is 0.460 e. The van der Waals surface area contributed by atoms with Crippen LogP contribution < -0.4 is 5.90 Å². The third-order valence-corrected chi connectivity index (χ3v) is 6.08. The number of carbonyl (C=O) groups excluding carboxylic acids is 1. The zero-order chi connectivity index (χ0) is 47.9. The average Bonchev–Trinajstić information content (AvgIpc) is 2.98. The van der Waals surface area contributed by atoms with Crippen LogP contribution in [0.5, 0.6) is 0 Å². The Morgan fingerprint density at radius 2 is 0.456 bits per heavy atom. The maximum atomic E-state index is 13.1. The molecule has 0 aliphatic rings. The van der Waals surface area contributed by atoms with Gasteiger partial charge in [0.05, 0.1) is 0 Å². The zero-order valence-corrected chi connectivity index (χ0v) is 24.1. The summed E-state index contributed by atoms with van der Waals surface area (Å²) in [7, 11) is 0. The van der Waals surface area contributed by atoms with Crippen molar-refractivity contribution in [2.45, 2.75) is 95.3 Å². The SMILES string of the molecule is NOC(=O)C(F)(F)C(F)(F)C(F)(F)C(F)(F)C(F)(F)C(F)(F)C(F)(F)C(F)(F)F.O=C(O)C(F)(F)C(F)(F)C(F)(F)C(F)(F)C(F)(F)C(F)(F)C(F)(F)C(F)(F)F. The topological polar surface area (TPSA) is 89.6 Å². The fourth-order valence-corrected chi connectivity index (χ4v) is 2.66. The highest BCUT2D eigenvalue weighted by Crippen LogP contribution is 2.66. The van der Waals surface area contributed by atoms with E-state index in [-0.39, 0.29) is 0 Å². The van der Waals surface area contributed by atoms with E-state index in [2.05, 4.69) is 10.7 Å². The predicted molar refractivity (Wildman–Crippen MR) is 99.3 cm³/mol. The van der Waals surface area contributed by atoms with E-state index in [1.54, 1.807) is 0 Å². The van der Waals surface area contributed by atoms with Crippen molar-refractivity contribution in [3.63, 3.8) is 0 Å². The molecule has 57 heavy (non-hydrogen) atoms. The molecule has 0 aliphatic carbocycles. The van der Waals surface area contributed by atoms with Gasteiger partial charge in [0.2, 0.25) is 0 Å². The quantitative estimate of drug-likeness (QED) is 0.134. The van der Waals surface area contributed by atoms with Gasteiger partial charge in [-0.05, 0) is 0 Å². The molecule has 0 fully saturated rings. The van der Waals surface area contributed by atoms with Crippen LogP contribution in [0.4, 0.5) is 149 Å². The van der Waals surface area contributed by atoms with Gasteiger partial charge >= 0.3 is 107 Å². The molecule has 0 spiro atoms. The van der Waals surface area contributed by atoms with Crippen LogP contribution in [0.25, 0.3) is 0 Å². The molecule has 342 valence electrons. The van der Waals surface area contributed by atoms with Gasteiger partial charge in [-0.1, -0.05) is 0 Å². The Morgan fingerprint density at radius 1 is 0.298 bits per heavy atom. The first kappa shape index (κ1) is 55.6. The number of hydrogen-bond acceptors (Lipinski definition) is 4. The summed E-state index contributed by atoms with van der Waals surface area (Å²) in [5.41, 5.74) is 0. The number of carboxylic acid groups (broad SMARTS) is 1. The van der Waals surface area contributed by atoms with Gasteiger partial charge in [-0.25, -0.2) is 9.59 Å². The first-order chi connectivity index (χ1) is 23.9. The second-order valence-corrected chi connectivity index (χ2v) is 9.75. The maximum Gasteiger partial charge on any atom is 0.460 e. The van der Waals surface area contributed by atoms with Gasteiger partial charge in [0.1, 0.15) is 0 Å². The summed E-state index contributed by atoms with van der Waals surface area (Å²) in [5, 5.41) is 7.59. The summed E-state index contributed by atoms with van der Waals surface area (Å²) in [4.78, 5) is 22.3. The van der Waals surface area contributed by atoms with Crippen molar-refractivity contribution in [3.8, 4) is 0 Å². The Bertz CT molecular complexity index is 1470. The van der Waals surface area contributed by atoms with Crippen LogP contribution in [-0.4, -0.2) is 112 Å². The molecule has 0 aromatic rings. The first-order valence-electron chi connectivity index (χ1n) is 11.5. The number of carbonyl (C=O) groups is 2. The summed E-state index contributed by atoms with van der Waals surface area (Å²) in [6, 6.07) is 0. The fourth-order valence-electron chi connectivity index (χ4n) is 2.66. The van der Waals surface area contributed by atoms with Crippen LogP contribution in [0, 0.1) is 0 Å². The summed E-state index contributed by atoms with van der Waals surface area (Å²) < 4.78 is 430. The monoisotopic (exact) mass is 943 g/mol. The number of nitrogens with two attached hydrogens (primary N) is 1. The number of rotatable bonds is 14. The molecule has 39 heteroatoms. The fraction of sp³-hybridized carbons (Fsp3) is 0.889. The van der Waals surface area contributed by atoms with Crippen molar-refractivity contribution in [3.05, 3.63) is 0 Å². The standard InChI is InChI=1S/C9H2F17NO2.C9HF17O2/c10-2(11,1(28)29-27)3(12,13)4(14,15)5(16,17)6(18,19)7(20,21)8(22,23)9(24,25)26;10-2(11,1(27)28)3(12,13)4(14,15)5(16,17)6(18,19)7(20,21)8(22,23)9(24,25)26/h27H2;(H,27,28). The Labute approximate surface area is 283 Å². The molecule has 3 N–H and O–H groups in total. The highest BCUT2D eigenvalue weighted by molar-refractivity contribution is 5.79. The van der Waals surface area contributed by atoms with Crippen LogP contribution >= 0.6 is 0 Å². The molecule has 0 heterocycles. The number of halogens is 34. The van der Waals surface area contributed by atoms with Crippen LogP contribution in [0.3, 0.4) is 0 Å². The lowest BCUT2D eigenvalue weighted by molar-refractivity contribution is -0.460. The summed E-state index contributed by atoms with van der Waals surface area (Å²) >= 11 is 0. The zero-order valence-electron chi connectivity index (χ0n) is 24.1. The Kier molecular flexibility index (Phi) is 13.7. The van der Waals surface area contributed by atoms with Gasteiger partial charge in [-0.2, -0.15) is 155 Å². The van der Waals surface area contributed by atoms with E-state index in [0.717, 1.165) is 0 Å². The molecule has 0 unspecified atom stereocenters. The van der Waals surface area contributed by atoms with E-state index >= 15 is 0 Å². The Balaban J connectivity index is 0. The van der Waals surface area contributed by atoms with Gasteiger partial charge in [0.25, 0.3) is 0 Å². The van der Waals surface area contributed by atoms with Crippen molar-refractivity contribution < 1.29 is 169 Å². The van der Waals surface area contributed by atoms with Crippen molar-refractivity contribution in [1.29, 1.82) is 0 Å². The molecule has 0 aliphatic heterocycles. The van der Waals surface area contributed by atoms with Gasteiger partial charge in [0, 0.05) is 0 Å². The number of hydrogen-bond donors (Lipinski definition) is 2. The minimum absolute atomic E-state index is 2.31. The van der Waals surface area contributed by atoms with Crippen molar-refractivity contribution in [2.75, 3.05) is 0 Å². The summed E-state index contributed by atoms with van der Waals surface area (Å²) in [5.74, 6) is -122. The lowest BCUT2D eigenvalue weighted by Gasteiger charge is -2.42. The lowest BCUT2D eigenvalue weighted by Crippen LogP contribution is -2.75. The molecule has 0 aromatic carbocycles. The molecule has 0 radical (unpaired) electrons. The largest absolute Gasteiger partial charge is 0.477 e. The second kappa shape index (κ2) is 14.1. The van der Waals surface area contributed by atoms with Crippen LogP contribution in [0.15, 0.2) is 0 Å². The number of carboxylic acids is 1. The normalized spacial score (nSPS) is 16.2. The van der Waals surface area contributed by atoms with E-state index in [1.807, 2.05) is 0 Å². The van der Waals surface area contributed by atoms with E-state index < -0.39 is 107 Å². The molecule has 0 rings (SSSR count). The Morgan fingerprint density at radius 3 is 0.614 bits per heavy atom. The predicted octanol–water partition coefficient (Wildman–Crippen LogP) is 9.49. The van der Waals surface area contributed by atoms with Gasteiger partial charge < -0.3 is 9.94 Å². The molecule has 0 bridgehead atoms. The van der Waals surface area contributed by atoms with Crippen molar-refractivity contribution >= 4 is 11.9 Å². The molecule has 0 aromatic heterocycles. The average molecular weight is 943 g/mol. The van der Waals surface area contributed by atoms with E-state index in [0.29, 0.717) is 0 Å².